The Kier molecular flexibility index (Phi) is 5.90. The first-order valence-electron chi connectivity index (χ1n) is 16.5. The lowest BCUT2D eigenvalue weighted by molar-refractivity contribution is 0.484. The van der Waals surface area contributed by atoms with Gasteiger partial charge in [-0.3, -0.25) is 8.80 Å². The number of hydrogen-bond donors (Lipinski definition) is 0. The molecule has 0 radical (unpaired) electrons. The third kappa shape index (κ3) is 4.10. The summed E-state index contributed by atoms with van der Waals surface area (Å²) < 4.78 is 11.1. The number of ether oxygens (including phenoxy) is 1. The molecule has 6 nitrogen and oxygen atoms in total. The van der Waals surface area contributed by atoms with Crippen molar-refractivity contribution in [3.05, 3.63) is 151 Å². The largest absolute Gasteiger partial charge is 0.457 e. The van der Waals surface area contributed by atoms with Crippen LogP contribution in [0.25, 0.3) is 77.3 Å². The van der Waals surface area contributed by atoms with Crippen LogP contribution < -0.4 is 4.74 Å². The summed E-state index contributed by atoms with van der Waals surface area (Å²) in [7, 11) is 0. The fourth-order valence-electron chi connectivity index (χ4n) is 7.38. The highest BCUT2D eigenvalue weighted by Gasteiger charge is 2.22. The summed E-state index contributed by atoms with van der Waals surface area (Å²) in [4.78, 5) is 15.3. The molecule has 10 rings (SSSR count). The Morgan fingerprint density at radius 3 is 1.84 bits per heavy atom. The van der Waals surface area contributed by atoms with E-state index in [1.165, 1.54) is 5.39 Å². The molecule has 0 saturated heterocycles. The fourth-order valence-corrected chi connectivity index (χ4v) is 7.38. The molecule has 5 aromatic carbocycles. The number of hydrogen-bond acceptors (Lipinski definition) is 4. The van der Waals surface area contributed by atoms with Gasteiger partial charge in [-0.1, -0.05) is 78.9 Å². The maximum atomic E-state index is 6.67. The van der Waals surface area contributed by atoms with E-state index in [0.717, 1.165) is 94.8 Å². The van der Waals surface area contributed by atoms with Crippen molar-refractivity contribution in [2.24, 2.45) is 0 Å². The average Bonchev–Trinajstić information content (AvgIpc) is 3.71. The Morgan fingerprint density at radius 2 is 1.10 bits per heavy atom. The summed E-state index contributed by atoms with van der Waals surface area (Å²) in [6, 6.07) is 46.1. The molecule has 5 heterocycles. The summed E-state index contributed by atoms with van der Waals surface area (Å²) in [5.41, 5.74) is 10.00. The molecule has 0 bridgehead atoms. The van der Waals surface area contributed by atoms with Crippen molar-refractivity contribution in [1.82, 2.24) is 23.8 Å². The molecule has 0 saturated carbocycles. The number of aromatic nitrogens is 5. The van der Waals surface area contributed by atoms with Crippen LogP contribution in [-0.4, -0.2) is 23.8 Å². The quantitative estimate of drug-likeness (QED) is 0.181. The van der Waals surface area contributed by atoms with E-state index in [-0.39, 0.29) is 0 Å². The molecule has 0 aliphatic heterocycles. The SMILES string of the molecule is Cc1nc2c3cc(Oc4ccc5c6cccnc6n6c(-c7ccccc7)c(-c7ccccc7)nc6c5c4)ccc3c3ccccc3n2c1C. The van der Waals surface area contributed by atoms with Crippen LogP contribution in [0.5, 0.6) is 11.5 Å². The van der Waals surface area contributed by atoms with Gasteiger partial charge in [0.15, 0.2) is 0 Å². The molecule has 0 N–H and O–H groups in total. The predicted molar refractivity (Wildman–Crippen MR) is 199 cm³/mol. The van der Waals surface area contributed by atoms with E-state index in [9.17, 15) is 0 Å². The Labute approximate surface area is 281 Å². The van der Waals surface area contributed by atoms with Crippen LogP contribution in [0.1, 0.15) is 11.4 Å². The van der Waals surface area contributed by atoms with Gasteiger partial charge < -0.3 is 4.74 Å². The molecular weight excluding hydrogens is 603 g/mol. The Morgan fingerprint density at radius 1 is 0.490 bits per heavy atom. The minimum absolute atomic E-state index is 0.732. The van der Waals surface area contributed by atoms with Gasteiger partial charge in [0, 0.05) is 44.6 Å². The van der Waals surface area contributed by atoms with Gasteiger partial charge in [0.1, 0.15) is 28.4 Å². The minimum atomic E-state index is 0.732. The lowest BCUT2D eigenvalue weighted by atomic mass is 10.0. The predicted octanol–water partition coefficient (Wildman–Crippen LogP) is 10.7. The number of imidazole rings is 2. The zero-order chi connectivity index (χ0) is 32.6. The molecule has 0 atom stereocenters. The van der Waals surface area contributed by atoms with Crippen molar-refractivity contribution < 1.29 is 4.74 Å². The summed E-state index contributed by atoms with van der Waals surface area (Å²) in [5, 5.41) is 6.51. The van der Waals surface area contributed by atoms with Gasteiger partial charge in [-0.25, -0.2) is 15.0 Å². The minimum Gasteiger partial charge on any atom is -0.457 e. The van der Waals surface area contributed by atoms with Crippen LogP contribution in [0.2, 0.25) is 0 Å². The normalized spacial score (nSPS) is 11.9. The highest BCUT2D eigenvalue weighted by atomic mass is 16.5. The number of fused-ring (bicyclic) bond motifs is 12. The van der Waals surface area contributed by atoms with Gasteiger partial charge in [-0.15, -0.1) is 0 Å². The zero-order valence-electron chi connectivity index (χ0n) is 26.9. The molecule has 0 fully saturated rings. The smallest absolute Gasteiger partial charge is 0.147 e. The average molecular weight is 632 g/mol. The first kappa shape index (κ1) is 27.6. The molecular formula is C43H29N5O. The van der Waals surface area contributed by atoms with Crippen molar-refractivity contribution in [1.29, 1.82) is 0 Å². The van der Waals surface area contributed by atoms with Crippen LogP contribution in [0, 0.1) is 13.8 Å². The third-order valence-electron chi connectivity index (χ3n) is 9.74. The van der Waals surface area contributed by atoms with Gasteiger partial charge in [0.25, 0.3) is 0 Å². The molecule has 6 heteroatoms. The summed E-state index contributed by atoms with van der Waals surface area (Å²) in [6.07, 6.45) is 1.85. The maximum Gasteiger partial charge on any atom is 0.147 e. The molecule has 0 aliphatic carbocycles. The summed E-state index contributed by atoms with van der Waals surface area (Å²) in [6.45, 7) is 4.20. The fraction of sp³-hybridized carbons (Fsp3) is 0.0465. The van der Waals surface area contributed by atoms with Gasteiger partial charge >= 0.3 is 0 Å². The first-order valence-corrected chi connectivity index (χ1v) is 16.5. The Bertz CT molecular complexity index is 2920. The first-order chi connectivity index (χ1) is 24.1. The van der Waals surface area contributed by atoms with E-state index in [4.69, 9.17) is 19.7 Å². The number of benzene rings is 5. The van der Waals surface area contributed by atoms with Crippen LogP contribution in [0.3, 0.4) is 0 Å². The highest BCUT2D eigenvalue weighted by Crippen LogP contribution is 2.40. The molecule has 0 unspecified atom stereocenters. The highest BCUT2D eigenvalue weighted by molar-refractivity contribution is 6.13. The van der Waals surface area contributed by atoms with E-state index in [1.807, 2.05) is 30.5 Å². The van der Waals surface area contributed by atoms with Gasteiger partial charge in [0.05, 0.1) is 22.6 Å². The van der Waals surface area contributed by atoms with E-state index in [2.05, 4.69) is 132 Å². The molecule has 0 spiro atoms. The Balaban J connectivity index is 1.21. The van der Waals surface area contributed by atoms with Gasteiger partial charge in [0.2, 0.25) is 0 Å². The zero-order valence-corrected chi connectivity index (χ0v) is 26.9. The van der Waals surface area contributed by atoms with E-state index < -0.39 is 0 Å². The second-order valence-corrected chi connectivity index (χ2v) is 12.6. The monoisotopic (exact) mass is 631 g/mol. The number of pyridine rings is 3. The van der Waals surface area contributed by atoms with Crippen LogP contribution in [0.15, 0.2) is 140 Å². The van der Waals surface area contributed by atoms with Crippen molar-refractivity contribution in [2.75, 3.05) is 0 Å². The summed E-state index contributed by atoms with van der Waals surface area (Å²) >= 11 is 0. The number of para-hydroxylation sites is 1. The lowest BCUT2D eigenvalue weighted by Gasteiger charge is -2.13. The maximum absolute atomic E-state index is 6.67. The van der Waals surface area contributed by atoms with Crippen molar-refractivity contribution in [3.63, 3.8) is 0 Å². The van der Waals surface area contributed by atoms with E-state index in [0.29, 0.717) is 0 Å². The topological polar surface area (TPSA) is 56.7 Å². The molecule has 0 aliphatic rings. The molecule has 5 aromatic heterocycles. The molecule has 0 amide bonds. The third-order valence-corrected chi connectivity index (χ3v) is 9.74. The van der Waals surface area contributed by atoms with Crippen LogP contribution in [-0.2, 0) is 0 Å². The van der Waals surface area contributed by atoms with Gasteiger partial charge in [-0.05, 0) is 79.2 Å². The molecule has 10 aromatic rings. The molecule has 232 valence electrons. The lowest BCUT2D eigenvalue weighted by Crippen LogP contribution is -1.97. The number of aryl methyl sites for hydroxylation is 2. The van der Waals surface area contributed by atoms with Crippen molar-refractivity contribution >= 4 is 54.8 Å². The standard InChI is InChI=1S/C43H29N5O/c1-26-27(2)47-38-18-10-9-16-34(38)32-21-19-30(24-36(32)42(47)45-26)49-31-20-22-33-35-17-11-23-44-41(35)48-40(29-14-7-4-8-15-29)39(28-12-5-3-6-13-28)46-43(48)37(33)25-31/h3-25H,1-2H3. The summed E-state index contributed by atoms with van der Waals surface area (Å²) in [5.74, 6) is 1.48. The van der Waals surface area contributed by atoms with Crippen LogP contribution in [0.4, 0.5) is 0 Å². The van der Waals surface area contributed by atoms with Crippen molar-refractivity contribution in [2.45, 2.75) is 13.8 Å². The second-order valence-electron chi connectivity index (χ2n) is 12.6. The van der Waals surface area contributed by atoms with E-state index >= 15 is 0 Å². The molecule has 49 heavy (non-hydrogen) atoms. The second kappa shape index (κ2) is 10.5. The van der Waals surface area contributed by atoms with Crippen molar-refractivity contribution in [3.8, 4) is 34.0 Å². The van der Waals surface area contributed by atoms with Gasteiger partial charge in [-0.2, -0.15) is 0 Å². The number of nitrogens with zero attached hydrogens (tertiary/aromatic N) is 5. The van der Waals surface area contributed by atoms with E-state index in [1.54, 1.807) is 0 Å². The number of rotatable bonds is 4. The Hall–Kier alpha value is -6.53. The van der Waals surface area contributed by atoms with Crippen LogP contribution >= 0.6 is 0 Å².